The fraction of sp³-hybridized carbons (Fsp3) is 0.0741. The fourth-order valence-electron chi connectivity index (χ4n) is 4.50. The molecule has 0 fully saturated rings. The Balaban J connectivity index is 2.02. The molecule has 0 aliphatic rings. The Kier molecular flexibility index (Phi) is 5.40. The number of carbonyl (C=O) groups is 1. The number of carbonyl (C=O) groups excluding carboxylic acids is 1. The number of halogens is 1. The maximum Gasteiger partial charge on any atom is 0.359 e. The summed E-state index contributed by atoms with van der Waals surface area (Å²) < 4.78 is 5.04. The number of methoxy groups -OCH3 is 1. The summed E-state index contributed by atoms with van der Waals surface area (Å²) in [6, 6.07) is 31.9. The summed E-state index contributed by atoms with van der Waals surface area (Å²) in [7, 11) is 1.34. The highest BCUT2D eigenvalue weighted by Gasteiger charge is 2.42. The minimum Gasteiger partial charge on any atom is -0.464 e. The standard InChI is InChI=1S/C27H20ClN3O2/c1-33-26(32)24-23-21(30-31-24)17-22(28)29-25(23)27(18-11-5-2-6-12-18,19-13-7-3-8-14-19)20-15-9-4-10-16-20/h2-17H,1H3,(H,30,31). The molecule has 162 valence electrons. The summed E-state index contributed by atoms with van der Waals surface area (Å²) in [5, 5.41) is 8.07. The van der Waals surface area contributed by atoms with E-state index >= 15 is 0 Å². The lowest BCUT2D eigenvalue weighted by Crippen LogP contribution is -2.32. The summed E-state index contributed by atoms with van der Waals surface area (Å²) >= 11 is 6.54. The first-order chi connectivity index (χ1) is 16.2. The monoisotopic (exact) mass is 453 g/mol. The molecule has 5 aromatic rings. The van der Waals surface area contributed by atoms with Gasteiger partial charge < -0.3 is 4.74 Å². The van der Waals surface area contributed by atoms with E-state index in [1.54, 1.807) is 6.07 Å². The highest BCUT2D eigenvalue weighted by Crippen LogP contribution is 2.47. The number of ether oxygens (including phenoxy) is 1. The van der Waals surface area contributed by atoms with Crippen LogP contribution in [0, 0.1) is 0 Å². The molecule has 1 N–H and O–H groups in total. The molecule has 2 heterocycles. The largest absolute Gasteiger partial charge is 0.464 e. The van der Waals surface area contributed by atoms with Crippen LogP contribution in [0.2, 0.25) is 5.15 Å². The van der Waals surface area contributed by atoms with Crippen LogP contribution in [0.15, 0.2) is 97.1 Å². The minimum absolute atomic E-state index is 0.166. The van der Waals surface area contributed by atoms with Crippen molar-refractivity contribution in [3.8, 4) is 0 Å². The molecule has 0 bridgehead atoms. The molecule has 0 saturated carbocycles. The third-order valence-electron chi connectivity index (χ3n) is 5.87. The number of nitrogens with zero attached hydrogens (tertiary/aromatic N) is 2. The van der Waals surface area contributed by atoms with E-state index in [-0.39, 0.29) is 5.69 Å². The van der Waals surface area contributed by atoms with E-state index in [0.29, 0.717) is 21.7 Å². The number of nitrogens with one attached hydrogen (secondary N) is 1. The van der Waals surface area contributed by atoms with E-state index in [1.807, 2.05) is 54.6 Å². The van der Waals surface area contributed by atoms with Gasteiger partial charge in [0.25, 0.3) is 0 Å². The molecule has 0 atom stereocenters. The number of aromatic nitrogens is 3. The Morgan fingerprint density at radius 3 is 1.79 bits per heavy atom. The Labute approximate surface area is 196 Å². The highest BCUT2D eigenvalue weighted by atomic mass is 35.5. The van der Waals surface area contributed by atoms with Gasteiger partial charge in [-0.3, -0.25) is 5.10 Å². The minimum atomic E-state index is -0.875. The number of H-pyrrole nitrogens is 1. The summed E-state index contributed by atoms with van der Waals surface area (Å²) in [4.78, 5) is 17.5. The van der Waals surface area contributed by atoms with Crippen molar-refractivity contribution in [2.24, 2.45) is 0 Å². The van der Waals surface area contributed by atoms with Gasteiger partial charge in [0.15, 0.2) is 5.69 Å². The molecule has 0 radical (unpaired) electrons. The Morgan fingerprint density at radius 1 is 0.848 bits per heavy atom. The van der Waals surface area contributed by atoms with E-state index in [1.165, 1.54) is 7.11 Å². The highest BCUT2D eigenvalue weighted by molar-refractivity contribution is 6.30. The van der Waals surface area contributed by atoms with E-state index in [2.05, 4.69) is 46.6 Å². The number of hydrogen-bond donors (Lipinski definition) is 1. The van der Waals surface area contributed by atoms with Gasteiger partial charge in [0.1, 0.15) is 5.15 Å². The van der Waals surface area contributed by atoms with Crippen molar-refractivity contribution in [1.29, 1.82) is 0 Å². The smallest absolute Gasteiger partial charge is 0.359 e. The molecule has 0 unspecified atom stereocenters. The number of fused-ring (bicyclic) bond motifs is 1. The number of rotatable bonds is 5. The lowest BCUT2D eigenvalue weighted by Gasteiger charge is -2.36. The van der Waals surface area contributed by atoms with Crippen molar-refractivity contribution in [3.05, 3.63) is 130 Å². The van der Waals surface area contributed by atoms with Crippen LogP contribution in [0.1, 0.15) is 32.9 Å². The first-order valence-electron chi connectivity index (χ1n) is 10.5. The molecule has 0 saturated heterocycles. The van der Waals surface area contributed by atoms with Crippen LogP contribution in [-0.2, 0) is 10.2 Å². The number of pyridine rings is 1. The van der Waals surface area contributed by atoms with Gasteiger partial charge in [-0.25, -0.2) is 9.78 Å². The predicted octanol–water partition coefficient (Wildman–Crippen LogP) is 5.78. The molecule has 5 nitrogen and oxygen atoms in total. The van der Waals surface area contributed by atoms with Crippen molar-refractivity contribution in [2.75, 3.05) is 7.11 Å². The Hall–Kier alpha value is -3.96. The predicted molar refractivity (Wildman–Crippen MR) is 129 cm³/mol. The lowest BCUT2D eigenvalue weighted by atomic mass is 9.66. The second-order valence-corrected chi connectivity index (χ2v) is 8.02. The zero-order chi connectivity index (χ0) is 22.8. The van der Waals surface area contributed by atoms with Crippen molar-refractivity contribution in [3.63, 3.8) is 0 Å². The van der Waals surface area contributed by atoms with E-state index in [0.717, 1.165) is 16.7 Å². The van der Waals surface area contributed by atoms with Crippen molar-refractivity contribution >= 4 is 28.5 Å². The van der Waals surface area contributed by atoms with Crippen LogP contribution >= 0.6 is 11.6 Å². The van der Waals surface area contributed by atoms with Gasteiger partial charge in [0.2, 0.25) is 0 Å². The number of aromatic amines is 1. The van der Waals surface area contributed by atoms with Crippen LogP contribution < -0.4 is 0 Å². The molecule has 5 rings (SSSR count). The molecule has 6 heteroatoms. The van der Waals surface area contributed by atoms with E-state index < -0.39 is 11.4 Å². The first kappa shape index (κ1) is 20.9. The van der Waals surface area contributed by atoms with Gasteiger partial charge in [-0.15, -0.1) is 0 Å². The van der Waals surface area contributed by atoms with Crippen LogP contribution in [0.4, 0.5) is 0 Å². The second kappa shape index (κ2) is 8.52. The average molecular weight is 454 g/mol. The van der Waals surface area contributed by atoms with Crippen LogP contribution in [0.5, 0.6) is 0 Å². The second-order valence-electron chi connectivity index (χ2n) is 7.63. The number of benzene rings is 3. The Morgan fingerprint density at radius 2 is 1.33 bits per heavy atom. The number of hydrogen-bond acceptors (Lipinski definition) is 4. The molecule has 2 aromatic heterocycles. The maximum atomic E-state index is 12.7. The average Bonchev–Trinajstić information content (AvgIpc) is 3.30. The van der Waals surface area contributed by atoms with Gasteiger partial charge in [-0.05, 0) is 16.7 Å². The summed E-state index contributed by atoms with van der Waals surface area (Å²) in [6.45, 7) is 0. The summed E-state index contributed by atoms with van der Waals surface area (Å²) in [5.74, 6) is -0.547. The summed E-state index contributed by atoms with van der Waals surface area (Å²) in [6.07, 6.45) is 0. The third kappa shape index (κ3) is 3.38. The topological polar surface area (TPSA) is 67.9 Å². The quantitative estimate of drug-likeness (QED) is 0.208. The molecular weight excluding hydrogens is 434 g/mol. The lowest BCUT2D eigenvalue weighted by molar-refractivity contribution is 0.0596. The SMILES string of the molecule is COC(=O)c1n[nH]c2cc(Cl)nc(C(c3ccccc3)(c3ccccc3)c3ccccc3)c12. The van der Waals surface area contributed by atoms with Crippen molar-refractivity contribution in [1.82, 2.24) is 15.2 Å². The fourth-order valence-corrected chi connectivity index (χ4v) is 4.70. The van der Waals surface area contributed by atoms with E-state index in [4.69, 9.17) is 21.3 Å². The van der Waals surface area contributed by atoms with Crippen LogP contribution in [0.25, 0.3) is 10.9 Å². The third-order valence-corrected chi connectivity index (χ3v) is 6.06. The van der Waals surface area contributed by atoms with Crippen LogP contribution in [0.3, 0.4) is 0 Å². The molecule has 0 aliphatic carbocycles. The normalized spacial score (nSPS) is 11.5. The molecular formula is C27H20ClN3O2. The maximum absolute atomic E-state index is 12.7. The van der Waals surface area contributed by atoms with Gasteiger partial charge in [0, 0.05) is 6.07 Å². The van der Waals surface area contributed by atoms with Crippen molar-refractivity contribution in [2.45, 2.75) is 5.41 Å². The summed E-state index contributed by atoms with van der Waals surface area (Å²) in [5.41, 5.74) is 3.44. The zero-order valence-electron chi connectivity index (χ0n) is 17.8. The molecule has 0 amide bonds. The molecule has 33 heavy (non-hydrogen) atoms. The molecule has 0 aliphatic heterocycles. The van der Waals surface area contributed by atoms with Crippen LogP contribution in [-0.4, -0.2) is 28.3 Å². The van der Waals surface area contributed by atoms with Gasteiger partial charge in [0.05, 0.1) is 29.1 Å². The molecule has 0 spiro atoms. The first-order valence-corrected chi connectivity index (χ1v) is 10.8. The van der Waals surface area contributed by atoms with Gasteiger partial charge >= 0.3 is 5.97 Å². The van der Waals surface area contributed by atoms with Gasteiger partial charge in [-0.1, -0.05) is 103 Å². The van der Waals surface area contributed by atoms with E-state index in [9.17, 15) is 4.79 Å². The van der Waals surface area contributed by atoms with Gasteiger partial charge in [-0.2, -0.15) is 5.10 Å². The Bertz CT molecular complexity index is 1320. The van der Waals surface area contributed by atoms with Crippen molar-refractivity contribution < 1.29 is 9.53 Å². The zero-order valence-corrected chi connectivity index (χ0v) is 18.6. The number of esters is 1. The molecule has 3 aromatic carbocycles.